The first kappa shape index (κ1) is 13.6. The Morgan fingerprint density at radius 1 is 1.15 bits per heavy atom. The number of nitriles is 1. The molecule has 0 fully saturated rings. The molecule has 0 radical (unpaired) electrons. The smallest absolute Gasteiger partial charge is 0.165 e. The van der Waals surface area contributed by atoms with Crippen molar-refractivity contribution in [3.05, 3.63) is 65.5 Å². The first-order valence-corrected chi connectivity index (χ1v) is 5.96. The Balaban J connectivity index is 2.52. The van der Waals surface area contributed by atoms with E-state index in [1.54, 1.807) is 18.2 Å². The van der Waals surface area contributed by atoms with E-state index in [4.69, 9.17) is 10.5 Å². The lowest BCUT2D eigenvalue weighted by Gasteiger charge is -2.08. The lowest BCUT2D eigenvalue weighted by atomic mass is 10.0. The van der Waals surface area contributed by atoms with E-state index in [1.807, 2.05) is 18.2 Å². The van der Waals surface area contributed by atoms with Gasteiger partial charge in [-0.25, -0.2) is 4.39 Å². The number of methoxy groups -OCH3 is 1. The van der Waals surface area contributed by atoms with Crippen LogP contribution in [-0.4, -0.2) is 7.11 Å². The van der Waals surface area contributed by atoms with Gasteiger partial charge in [0.15, 0.2) is 11.6 Å². The van der Waals surface area contributed by atoms with E-state index in [0.717, 1.165) is 0 Å². The minimum absolute atomic E-state index is 0.139. The molecule has 0 atom stereocenters. The molecule has 4 heteroatoms. The van der Waals surface area contributed by atoms with E-state index in [1.165, 1.54) is 19.2 Å². The van der Waals surface area contributed by atoms with Gasteiger partial charge in [0.05, 0.1) is 18.4 Å². The van der Waals surface area contributed by atoms with Gasteiger partial charge >= 0.3 is 0 Å². The highest BCUT2D eigenvalue weighted by Gasteiger charge is 2.10. The second-order valence-electron chi connectivity index (χ2n) is 4.12. The van der Waals surface area contributed by atoms with E-state index in [9.17, 15) is 9.65 Å². The van der Waals surface area contributed by atoms with Crippen LogP contribution in [0.5, 0.6) is 5.75 Å². The number of nitrogens with zero attached hydrogens (tertiary/aromatic N) is 1. The van der Waals surface area contributed by atoms with Gasteiger partial charge in [-0.2, -0.15) is 5.26 Å². The maximum Gasteiger partial charge on any atom is 0.165 e. The van der Waals surface area contributed by atoms with Gasteiger partial charge < -0.3 is 10.5 Å². The number of hydrogen-bond acceptors (Lipinski definition) is 3. The van der Waals surface area contributed by atoms with Crippen LogP contribution < -0.4 is 10.5 Å². The van der Waals surface area contributed by atoms with Crippen molar-refractivity contribution in [1.29, 1.82) is 5.26 Å². The summed E-state index contributed by atoms with van der Waals surface area (Å²) < 4.78 is 18.5. The molecular weight excluding hydrogens is 255 g/mol. The molecule has 2 aromatic rings. The molecule has 0 spiro atoms. The molecule has 2 N–H and O–H groups in total. The minimum atomic E-state index is -0.515. The fourth-order valence-corrected chi connectivity index (χ4v) is 1.86. The Kier molecular flexibility index (Phi) is 4.02. The molecule has 0 aliphatic rings. The van der Waals surface area contributed by atoms with Crippen LogP contribution in [0, 0.1) is 17.1 Å². The topological polar surface area (TPSA) is 59.0 Å². The Hall–Kier alpha value is -2.80. The fraction of sp³-hybridized carbons (Fsp3) is 0.0625. The SMILES string of the molecule is COc1ccc(/C(N)=C(/C#N)c2ccccc2)cc1F. The third-order valence-corrected chi connectivity index (χ3v) is 2.91. The third kappa shape index (κ3) is 2.62. The van der Waals surface area contributed by atoms with Crippen LogP contribution in [0.15, 0.2) is 48.5 Å². The molecular formula is C16H13FN2O. The van der Waals surface area contributed by atoms with Crippen molar-refractivity contribution in [3.8, 4) is 11.8 Å². The molecule has 2 aromatic carbocycles. The van der Waals surface area contributed by atoms with Gasteiger partial charge in [0.1, 0.15) is 6.07 Å². The predicted molar refractivity (Wildman–Crippen MR) is 76.0 cm³/mol. The van der Waals surface area contributed by atoms with Crippen molar-refractivity contribution in [3.63, 3.8) is 0 Å². The molecule has 0 unspecified atom stereocenters. The summed E-state index contributed by atoms with van der Waals surface area (Å²) in [6.07, 6.45) is 0. The molecule has 0 bridgehead atoms. The van der Waals surface area contributed by atoms with E-state index in [0.29, 0.717) is 16.7 Å². The maximum absolute atomic E-state index is 13.7. The van der Waals surface area contributed by atoms with Crippen molar-refractivity contribution >= 4 is 11.3 Å². The van der Waals surface area contributed by atoms with Crippen molar-refractivity contribution in [2.45, 2.75) is 0 Å². The van der Waals surface area contributed by atoms with E-state index in [2.05, 4.69) is 6.07 Å². The summed E-state index contributed by atoms with van der Waals surface area (Å²) in [6, 6.07) is 15.5. The molecule has 0 aliphatic heterocycles. The molecule has 20 heavy (non-hydrogen) atoms. The van der Waals surface area contributed by atoms with Crippen LogP contribution in [-0.2, 0) is 0 Å². The zero-order valence-corrected chi connectivity index (χ0v) is 10.9. The maximum atomic E-state index is 13.7. The summed E-state index contributed by atoms with van der Waals surface area (Å²) in [5, 5.41) is 9.27. The molecule has 0 aromatic heterocycles. The Bertz CT molecular complexity index is 687. The normalized spacial score (nSPS) is 11.4. The second-order valence-corrected chi connectivity index (χ2v) is 4.12. The van der Waals surface area contributed by atoms with Crippen LogP contribution in [0.4, 0.5) is 4.39 Å². The molecule has 2 rings (SSSR count). The lowest BCUT2D eigenvalue weighted by molar-refractivity contribution is 0.386. The molecule has 0 saturated heterocycles. The number of nitrogens with two attached hydrogens (primary N) is 1. The fourth-order valence-electron chi connectivity index (χ4n) is 1.86. The highest BCUT2D eigenvalue weighted by molar-refractivity contribution is 5.96. The van der Waals surface area contributed by atoms with Crippen molar-refractivity contribution in [2.24, 2.45) is 5.73 Å². The van der Waals surface area contributed by atoms with Gasteiger partial charge in [-0.15, -0.1) is 0 Å². The highest BCUT2D eigenvalue weighted by Crippen LogP contribution is 2.25. The average molecular weight is 268 g/mol. The third-order valence-electron chi connectivity index (χ3n) is 2.91. The molecule has 0 heterocycles. The van der Waals surface area contributed by atoms with E-state index >= 15 is 0 Å². The van der Waals surface area contributed by atoms with Crippen molar-refractivity contribution < 1.29 is 9.13 Å². The van der Waals surface area contributed by atoms with Gasteiger partial charge in [-0.1, -0.05) is 30.3 Å². The van der Waals surface area contributed by atoms with Crippen LogP contribution >= 0.6 is 0 Å². The van der Waals surface area contributed by atoms with Gasteiger partial charge in [-0.3, -0.25) is 0 Å². The van der Waals surface area contributed by atoms with Gasteiger partial charge in [0, 0.05) is 5.56 Å². The minimum Gasteiger partial charge on any atom is -0.494 e. The van der Waals surface area contributed by atoms with Gasteiger partial charge in [0.2, 0.25) is 0 Å². The van der Waals surface area contributed by atoms with Crippen molar-refractivity contribution in [2.75, 3.05) is 7.11 Å². The van der Waals surface area contributed by atoms with Crippen LogP contribution in [0.3, 0.4) is 0 Å². The van der Waals surface area contributed by atoms with Gasteiger partial charge in [-0.05, 0) is 23.8 Å². The number of hydrogen-bond donors (Lipinski definition) is 1. The van der Waals surface area contributed by atoms with E-state index in [-0.39, 0.29) is 11.4 Å². The summed E-state index contributed by atoms with van der Waals surface area (Å²) in [7, 11) is 1.39. The summed E-state index contributed by atoms with van der Waals surface area (Å²) in [4.78, 5) is 0. The molecule has 100 valence electrons. The van der Waals surface area contributed by atoms with Crippen LogP contribution in [0.2, 0.25) is 0 Å². The Labute approximate surface area is 116 Å². The number of halogens is 1. The summed E-state index contributed by atoms with van der Waals surface area (Å²) in [5.41, 5.74) is 7.69. The summed E-state index contributed by atoms with van der Waals surface area (Å²) in [6.45, 7) is 0. The Morgan fingerprint density at radius 2 is 1.85 bits per heavy atom. The molecule has 3 nitrogen and oxygen atoms in total. The van der Waals surface area contributed by atoms with E-state index < -0.39 is 5.82 Å². The molecule has 0 amide bonds. The standard InChI is InChI=1S/C16H13FN2O/c1-20-15-8-7-12(9-14(15)17)16(19)13(10-18)11-5-3-2-4-6-11/h2-9H,19H2,1H3/b16-13+. The first-order chi connectivity index (χ1) is 9.67. The largest absolute Gasteiger partial charge is 0.494 e. The Morgan fingerprint density at radius 3 is 2.40 bits per heavy atom. The molecule has 0 aliphatic carbocycles. The zero-order chi connectivity index (χ0) is 14.5. The second kappa shape index (κ2) is 5.89. The number of rotatable bonds is 3. The lowest BCUT2D eigenvalue weighted by Crippen LogP contribution is -2.01. The molecule has 0 saturated carbocycles. The first-order valence-electron chi connectivity index (χ1n) is 5.96. The van der Waals surface area contributed by atoms with Gasteiger partial charge in [0.25, 0.3) is 0 Å². The average Bonchev–Trinajstić information content (AvgIpc) is 2.49. The number of benzene rings is 2. The highest BCUT2D eigenvalue weighted by atomic mass is 19.1. The van der Waals surface area contributed by atoms with Crippen LogP contribution in [0.25, 0.3) is 11.3 Å². The monoisotopic (exact) mass is 268 g/mol. The quantitative estimate of drug-likeness (QED) is 0.687. The summed E-state index contributed by atoms with van der Waals surface area (Å²) >= 11 is 0. The summed E-state index contributed by atoms with van der Waals surface area (Å²) in [5.74, 6) is -0.377. The zero-order valence-electron chi connectivity index (χ0n) is 10.9. The predicted octanol–water partition coefficient (Wildman–Crippen LogP) is 3.18. The number of ether oxygens (including phenoxy) is 1. The van der Waals surface area contributed by atoms with Crippen LogP contribution in [0.1, 0.15) is 11.1 Å². The van der Waals surface area contributed by atoms with Crippen molar-refractivity contribution in [1.82, 2.24) is 0 Å². The number of allylic oxidation sites excluding steroid dienone is 1.